The quantitative estimate of drug-likeness (QED) is 0.760. The van der Waals surface area contributed by atoms with Gasteiger partial charge in [-0.15, -0.1) is 0 Å². The van der Waals surface area contributed by atoms with Gasteiger partial charge in [0.1, 0.15) is 5.82 Å². The van der Waals surface area contributed by atoms with E-state index in [9.17, 15) is 0 Å². The van der Waals surface area contributed by atoms with E-state index in [0.29, 0.717) is 12.6 Å². The summed E-state index contributed by atoms with van der Waals surface area (Å²) in [6.07, 6.45) is 2.51. The van der Waals surface area contributed by atoms with Gasteiger partial charge in [0.15, 0.2) is 0 Å². The molecule has 1 fully saturated rings. The van der Waals surface area contributed by atoms with Crippen molar-refractivity contribution < 1.29 is 0 Å². The van der Waals surface area contributed by atoms with Crippen LogP contribution in [0.1, 0.15) is 24.7 Å². The fraction of sp³-hybridized carbons (Fsp3) is 0.235. The molecule has 3 aromatic rings. The summed E-state index contributed by atoms with van der Waals surface area (Å²) in [5.74, 6) is 1.10. The molecule has 4 rings (SSSR count). The summed E-state index contributed by atoms with van der Waals surface area (Å²) in [5, 5.41) is 4.16. The van der Waals surface area contributed by atoms with Crippen LogP contribution in [0.3, 0.4) is 0 Å². The smallest absolute Gasteiger partial charge is 0.129 e. The number of para-hydroxylation sites is 2. The Morgan fingerprint density at radius 3 is 2.81 bits per heavy atom. The predicted molar refractivity (Wildman–Crippen MR) is 86.8 cm³/mol. The topological polar surface area (TPSA) is 29.9 Å². The molecule has 0 spiro atoms. The van der Waals surface area contributed by atoms with E-state index in [-0.39, 0.29) is 0 Å². The van der Waals surface area contributed by atoms with Crippen molar-refractivity contribution in [1.82, 2.24) is 9.55 Å². The lowest BCUT2D eigenvalue weighted by Gasteiger charge is -2.10. The van der Waals surface area contributed by atoms with Gasteiger partial charge in [-0.3, -0.25) is 0 Å². The lowest BCUT2D eigenvalue weighted by Crippen LogP contribution is -2.07. The minimum atomic E-state index is 0.619. The minimum Gasteiger partial charge on any atom is -0.378 e. The Labute approximate surface area is 128 Å². The van der Waals surface area contributed by atoms with Gasteiger partial charge in [0.25, 0.3) is 0 Å². The van der Waals surface area contributed by atoms with Gasteiger partial charge >= 0.3 is 0 Å². The third kappa shape index (κ3) is 2.49. The second kappa shape index (κ2) is 5.08. The van der Waals surface area contributed by atoms with Crippen LogP contribution >= 0.6 is 11.6 Å². The van der Waals surface area contributed by atoms with E-state index in [1.807, 2.05) is 30.3 Å². The van der Waals surface area contributed by atoms with Crippen LogP contribution in [0.5, 0.6) is 0 Å². The highest BCUT2D eigenvalue weighted by Gasteiger charge is 2.27. The Kier molecular flexibility index (Phi) is 3.08. The Morgan fingerprint density at radius 1 is 1.14 bits per heavy atom. The summed E-state index contributed by atoms with van der Waals surface area (Å²) in [6, 6.07) is 16.8. The number of benzene rings is 2. The molecule has 0 aliphatic heterocycles. The van der Waals surface area contributed by atoms with Gasteiger partial charge in [-0.25, -0.2) is 4.98 Å². The van der Waals surface area contributed by atoms with Gasteiger partial charge in [0, 0.05) is 16.8 Å². The summed E-state index contributed by atoms with van der Waals surface area (Å²) in [4.78, 5) is 4.78. The molecule has 21 heavy (non-hydrogen) atoms. The van der Waals surface area contributed by atoms with Gasteiger partial charge in [-0.05, 0) is 43.2 Å². The molecule has 0 radical (unpaired) electrons. The molecule has 2 aromatic carbocycles. The Bertz CT molecular complexity index is 790. The highest BCUT2D eigenvalue weighted by Crippen LogP contribution is 2.38. The van der Waals surface area contributed by atoms with Crippen LogP contribution in [0.15, 0.2) is 48.5 Å². The van der Waals surface area contributed by atoms with Crippen molar-refractivity contribution >= 4 is 28.3 Å². The van der Waals surface area contributed by atoms with Crippen molar-refractivity contribution in [2.24, 2.45) is 0 Å². The number of nitrogens with one attached hydrogen (secondary N) is 1. The summed E-state index contributed by atoms with van der Waals surface area (Å²) in [7, 11) is 0. The molecule has 0 amide bonds. The molecule has 1 aliphatic rings. The zero-order chi connectivity index (χ0) is 14.2. The fourth-order valence-electron chi connectivity index (χ4n) is 2.74. The van der Waals surface area contributed by atoms with E-state index in [4.69, 9.17) is 16.6 Å². The first-order valence-corrected chi connectivity index (χ1v) is 7.64. The van der Waals surface area contributed by atoms with Crippen molar-refractivity contribution in [2.75, 3.05) is 5.32 Å². The first-order valence-electron chi connectivity index (χ1n) is 7.26. The number of nitrogens with zero attached hydrogens (tertiary/aromatic N) is 2. The minimum absolute atomic E-state index is 0.619. The third-order valence-corrected chi connectivity index (χ3v) is 4.09. The molecular formula is C17H16ClN3. The van der Waals surface area contributed by atoms with Crippen LogP contribution in [-0.4, -0.2) is 9.55 Å². The highest BCUT2D eigenvalue weighted by molar-refractivity contribution is 6.30. The van der Waals surface area contributed by atoms with Crippen LogP contribution in [0.4, 0.5) is 5.69 Å². The monoisotopic (exact) mass is 297 g/mol. The van der Waals surface area contributed by atoms with Gasteiger partial charge in [0.05, 0.1) is 17.6 Å². The molecule has 1 heterocycles. The lowest BCUT2D eigenvalue weighted by atomic mass is 10.3. The van der Waals surface area contributed by atoms with Crippen molar-refractivity contribution in [3.8, 4) is 0 Å². The van der Waals surface area contributed by atoms with Crippen LogP contribution in [0.2, 0.25) is 5.02 Å². The summed E-state index contributed by atoms with van der Waals surface area (Å²) >= 11 is 6.02. The Balaban J connectivity index is 1.65. The maximum absolute atomic E-state index is 6.02. The molecule has 1 N–H and O–H groups in total. The predicted octanol–water partition coefficient (Wildman–Crippen LogP) is 4.64. The maximum Gasteiger partial charge on any atom is 0.129 e. The maximum atomic E-state index is 6.02. The standard InChI is InChI=1S/C17H16ClN3/c18-12-4-3-5-13(10-12)19-11-17-20-15-6-1-2-7-16(15)21(17)14-8-9-14/h1-7,10,14,19H,8-9,11H2. The number of imidazole rings is 1. The summed E-state index contributed by atoms with van der Waals surface area (Å²) in [6.45, 7) is 0.714. The summed E-state index contributed by atoms with van der Waals surface area (Å²) < 4.78 is 2.38. The van der Waals surface area contributed by atoms with Gasteiger partial charge in [-0.2, -0.15) is 0 Å². The number of hydrogen-bond acceptors (Lipinski definition) is 2. The molecule has 0 atom stereocenters. The number of halogens is 1. The number of anilines is 1. The molecule has 0 bridgehead atoms. The Hall–Kier alpha value is -2.00. The van der Waals surface area contributed by atoms with Crippen molar-refractivity contribution in [3.63, 3.8) is 0 Å². The van der Waals surface area contributed by atoms with Crippen LogP contribution < -0.4 is 5.32 Å². The first kappa shape index (κ1) is 12.7. The average molecular weight is 298 g/mol. The molecule has 1 aliphatic carbocycles. The van der Waals surface area contributed by atoms with Crippen molar-refractivity contribution in [1.29, 1.82) is 0 Å². The van der Waals surface area contributed by atoms with E-state index < -0.39 is 0 Å². The molecule has 106 valence electrons. The van der Waals surface area contributed by atoms with E-state index >= 15 is 0 Å². The van der Waals surface area contributed by atoms with Crippen LogP contribution in [-0.2, 0) is 6.54 Å². The van der Waals surface area contributed by atoms with Gasteiger partial charge in [-0.1, -0.05) is 29.8 Å². The van der Waals surface area contributed by atoms with E-state index in [1.54, 1.807) is 0 Å². The van der Waals surface area contributed by atoms with Gasteiger partial charge in [0.2, 0.25) is 0 Å². The van der Waals surface area contributed by atoms with E-state index in [2.05, 4.69) is 28.1 Å². The molecule has 0 unspecified atom stereocenters. The zero-order valence-corrected chi connectivity index (χ0v) is 12.3. The zero-order valence-electron chi connectivity index (χ0n) is 11.6. The molecule has 1 aromatic heterocycles. The number of hydrogen-bond donors (Lipinski definition) is 1. The van der Waals surface area contributed by atoms with Crippen LogP contribution in [0.25, 0.3) is 11.0 Å². The molecule has 4 heteroatoms. The van der Waals surface area contributed by atoms with E-state index in [0.717, 1.165) is 22.1 Å². The summed E-state index contributed by atoms with van der Waals surface area (Å²) in [5.41, 5.74) is 3.34. The molecule has 0 saturated heterocycles. The molecule has 1 saturated carbocycles. The third-order valence-electron chi connectivity index (χ3n) is 3.86. The molecular weight excluding hydrogens is 282 g/mol. The number of rotatable bonds is 4. The largest absolute Gasteiger partial charge is 0.378 e. The number of fused-ring (bicyclic) bond motifs is 1. The lowest BCUT2D eigenvalue weighted by molar-refractivity contribution is 0.711. The molecule has 3 nitrogen and oxygen atoms in total. The average Bonchev–Trinajstić information content (AvgIpc) is 3.26. The van der Waals surface area contributed by atoms with Gasteiger partial charge < -0.3 is 9.88 Å². The van der Waals surface area contributed by atoms with Crippen LogP contribution in [0, 0.1) is 0 Å². The van der Waals surface area contributed by atoms with E-state index in [1.165, 1.54) is 18.4 Å². The fourth-order valence-corrected chi connectivity index (χ4v) is 2.93. The normalized spacial score (nSPS) is 14.5. The SMILES string of the molecule is Clc1cccc(NCc2nc3ccccc3n2C2CC2)c1. The first-order chi connectivity index (χ1) is 10.3. The highest BCUT2D eigenvalue weighted by atomic mass is 35.5. The number of aromatic nitrogens is 2. The Morgan fingerprint density at radius 2 is 2.00 bits per heavy atom. The second-order valence-corrected chi connectivity index (χ2v) is 5.92. The van der Waals surface area contributed by atoms with Crippen molar-refractivity contribution in [2.45, 2.75) is 25.4 Å². The second-order valence-electron chi connectivity index (χ2n) is 5.48. The van der Waals surface area contributed by atoms with Crippen molar-refractivity contribution in [3.05, 3.63) is 59.4 Å².